The van der Waals surface area contributed by atoms with Crippen molar-refractivity contribution < 1.29 is 4.43 Å². The van der Waals surface area contributed by atoms with Crippen LogP contribution in [0.5, 0.6) is 5.75 Å². The molecule has 2 unspecified atom stereocenters. The summed E-state index contributed by atoms with van der Waals surface area (Å²) in [4.78, 5) is 0. The summed E-state index contributed by atoms with van der Waals surface area (Å²) in [6.07, 6.45) is 3.90. The molecule has 0 aliphatic rings. The molecule has 0 amide bonds. The van der Waals surface area contributed by atoms with Gasteiger partial charge in [0, 0.05) is 12.1 Å². The van der Waals surface area contributed by atoms with Gasteiger partial charge in [-0.3, -0.25) is 0 Å². The van der Waals surface area contributed by atoms with Gasteiger partial charge >= 0.3 is 8.32 Å². The van der Waals surface area contributed by atoms with Gasteiger partial charge in [0.25, 0.3) is 0 Å². The molecule has 0 radical (unpaired) electrons. The van der Waals surface area contributed by atoms with Crippen LogP contribution in [0.4, 0.5) is 0 Å². The minimum atomic E-state index is -2.83. The van der Waals surface area contributed by atoms with E-state index < -0.39 is 8.32 Å². The normalized spacial score (nSPS) is 13.2. The van der Waals surface area contributed by atoms with Crippen LogP contribution in [0.3, 0.4) is 0 Å². The van der Waals surface area contributed by atoms with Gasteiger partial charge in [-0.25, -0.2) is 0 Å². The van der Waals surface area contributed by atoms with Crippen molar-refractivity contribution in [2.45, 2.75) is 51.6 Å². The molecule has 0 heterocycles. The van der Waals surface area contributed by atoms with Crippen LogP contribution in [0.2, 0.25) is 0 Å². The summed E-state index contributed by atoms with van der Waals surface area (Å²) in [6.45, 7) is 4.12. The third-order valence-corrected chi connectivity index (χ3v) is 10.7. The van der Waals surface area contributed by atoms with Gasteiger partial charge in [0.1, 0.15) is 5.75 Å². The average molecular weight is 495 g/mol. The summed E-state index contributed by atoms with van der Waals surface area (Å²) >= 11 is 0. The smallest absolute Gasteiger partial charge is 0.346 e. The molecular formula is C32H38N2OSi. The summed E-state index contributed by atoms with van der Waals surface area (Å²) in [7, 11) is -2.83. The minimum Gasteiger partial charge on any atom is -0.530 e. The summed E-state index contributed by atoms with van der Waals surface area (Å²) in [5, 5.41) is 3.67. The van der Waals surface area contributed by atoms with Crippen LogP contribution in [0, 0.1) is 0 Å². The van der Waals surface area contributed by atoms with Crippen molar-refractivity contribution in [2.24, 2.45) is 11.5 Å². The molecule has 36 heavy (non-hydrogen) atoms. The molecule has 3 nitrogen and oxygen atoms in total. The molecule has 0 aliphatic carbocycles. The first kappa shape index (κ1) is 25.9. The fraction of sp³-hybridized carbons (Fsp3) is 0.250. The molecule has 0 fully saturated rings. The van der Waals surface area contributed by atoms with Crippen molar-refractivity contribution in [2.75, 3.05) is 0 Å². The Kier molecular flexibility index (Phi) is 8.76. The lowest BCUT2D eigenvalue weighted by Crippen LogP contribution is -2.71. The monoisotopic (exact) mass is 494 g/mol. The molecule has 2 atom stereocenters. The van der Waals surface area contributed by atoms with Crippen LogP contribution in [-0.2, 0) is 12.8 Å². The maximum Gasteiger partial charge on any atom is 0.346 e. The Morgan fingerprint density at radius 3 is 1.36 bits per heavy atom. The zero-order valence-corrected chi connectivity index (χ0v) is 22.4. The Hall–Kier alpha value is -3.18. The van der Waals surface area contributed by atoms with Crippen LogP contribution in [-0.4, -0.2) is 20.4 Å². The fourth-order valence-corrected chi connectivity index (χ4v) is 8.42. The summed E-state index contributed by atoms with van der Waals surface area (Å²) in [6, 6.07) is 39.4. The molecule has 4 heteroatoms. The molecule has 0 aliphatic heterocycles. The Morgan fingerprint density at radius 2 is 0.944 bits per heavy atom. The van der Waals surface area contributed by atoms with Crippen LogP contribution in [0.15, 0.2) is 109 Å². The van der Waals surface area contributed by atoms with Gasteiger partial charge in [-0.15, -0.1) is 0 Å². The first-order valence-corrected chi connectivity index (χ1v) is 14.9. The quantitative estimate of drug-likeness (QED) is 0.242. The highest BCUT2D eigenvalue weighted by molar-refractivity contribution is 7.07. The highest BCUT2D eigenvalue weighted by atomic mass is 28.4. The van der Waals surface area contributed by atoms with Crippen molar-refractivity contribution in [3.05, 3.63) is 120 Å². The van der Waals surface area contributed by atoms with Gasteiger partial charge < -0.3 is 15.9 Å². The van der Waals surface area contributed by atoms with E-state index in [1.807, 2.05) is 0 Å². The molecule has 4 aromatic carbocycles. The number of nitrogens with two attached hydrogens (primary N) is 2. The third-order valence-electron chi connectivity index (χ3n) is 6.69. The van der Waals surface area contributed by atoms with E-state index in [4.69, 9.17) is 15.9 Å². The van der Waals surface area contributed by atoms with Crippen molar-refractivity contribution in [3.8, 4) is 5.75 Å². The first-order chi connectivity index (χ1) is 17.5. The van der Waals surface area contributed by atoms with E-state index in [-0.39, 0.29) is 12.1 Å². The zero-order valence-electron chi connectivity index (χ0n) is 21.4. The Morgan fingerprint density at radius 1 is 0.556 bits per heavy atom. The highest BCUT2D eigenvalue weighted by Gasteiger charge is 2.44. The summed E-state index contributed by atoms with van der Waals surface area (Å²) in [5.74, 6) is 0.889. The number of benzene rings is 4. The molecule has 0 bridgehead atoms. The first-order valence-electron chi connectivity index (χ1n) is 13.0. The Labute approximate surface area is 217 Å². The molecule has 4 N–H and O–H groups in total. The Balaban J connectivity index is 1.78. The maximum atomic E-state index is 7.17. The van der Waals surface area contributed by atoms with Crippen molar-refractivity contribution in [1.82, 2.24) is 0 Å². The Bertz CT molecular complexity index is 1150. The largest absolute Gasteiger partial charge is 0.530 e. The highest BCUT2D eigenvalue weighted by Crippen LogP contribution is 2.20. The second-order valence-electron chi connectivity index (χ2n) is 9.89. The van der Waals surface area contributed by atoms with Gasteiger partial charge in [-0.2, -0.15) is 0 Å². The number of hydrogen-bond donors (Lipinski definition) is 2. The van der Waals surface area contributed by atoms with Crippen molar-refractivity contribution in [1.29, 1.82) is 0 Å². The predicted molar refractivity (Wildman–Crippen MR) is 155 cm³/mol. The second kappa shape index (κ2) is 12.2. The van der Waals surface area contributed by atoms with E-state index in [0.29, 0.717) is 0 Å². The molecular weight excluding hydrogens is 456 g/mol. The van der Waals surface area contributed by atoms with E-state index in [0.717, 1.165) is 31.4 Å². The number of rotatable bonds is 11. The molecule has 0 saturated carbocycles. The molecule has 0 aromatic heterocycles. The molecule has 186 valence electrons. The molecule has 0 saturated heterocycles. The van der Waals surface area contributed by atoms with Crippen molar-refractivity contribution in [3.63, 3.8) is 0 Å². The average Bonchev–Trinajstić information content (AvgIpc) is 2.91. The lowest BCUT2D eigenvalue weighted by atomic mass is 10.1. The summed E-state index contributed by atoms with van der Waals surface area (Å²) in [5.41, 5.74) is 14.6. The predicted octanol–water partition coefficient (Wildman–Crippen LogP) is 4.29. The lowest BCUT2D eigenvalue weighted by Gasteiger charge is -2.33. The van der Waals surface area contributed by atoms with Crippen LogP contribution >= 0.6 is 0 Å². The van der Waals surface area contributed by atoms with E-state index >= 15 is 0 Å². The lowest BCUT2D eigenvalue weighted by molar-refractivity contribution is 0.576. The van der Waals surface area contributed by atoms with Crippen LogP contribution < -0.4 is 31.5 Å². The van der Waals surface area contributed by atoms with Gasteiger partial charge in [-0.05, 0) is 78.4 Å². The third kappa shape index (κ3) is 6.32. The van der Waals surface area contributed by atoms with Gasteiger partial charge in [0.15, 0.2) is 0 Å². The molecule has 4 aromatic rings. The fourth-order valence-electron chi connectivity index (χ4n) is 4.62. The maximum absolute atomic E-state index is 7.17. The van der Waals surface area contributed by atoms with E-state index in [9.17, 15) is 0 Å². The van der Waals surface area contributed by atoms with E-state index in [1.165, 1.54) is 26.7 Å². The van der Waals surface area contributed by atoms with Crippen LogP contribution in [0.25, 0.3) is 0 Å². The van der Waals surface area contributed by atoms with Crippen molar-refractivity contribution >= 4 is 23.9 Å². The standard InChI is InChI=1S/C32H38N2OSi/c1-25(33)13-15-27-17-21-29(22-18-27)35-36(30-9-5-3-6-10-30,31-11-7-4-8-12-31)32-23-19-28(20-24-32)16-14-26(2)34/h3-12,17-26H,13-16,33-34H2,1-2H3. The minimum absolute atomic E-state index is 0.200. The summed E-state index contributed by atoms with van der Waals surface area (Å²) < 4.78 is 7.17. The number of hydrogen-bond acceptors (Lipinski definition) is 3. The van der Waals surface area contributed by atoms with Gasteiger partial charge in [0.2, 0.25) is 0 Å². The SMILES string of the molecule is CC(N)CCc1ccc(O[Si](c2ccccc2)(c2ccccc2)c2ccc(CCC(C)N)cc2)cc1. The van der Waals surface area contributed by atoms with Gasteiger partial charge in [0.05, 0.1) is 0 Å². The van der Waals surface area contributed by atoms with Gasteiger partial charge in [-0.1, -0.05) is 97.1 Å². The zero-order chi connectivity index (χ0) is 25.4. The molecule has 0 spiro atoms. The van der Waals surface area contributed by atoms with E-state index in [2.05, 4.69) is 123 Å². The number of aryl methyl sites for hydroxylation is 2. The molecule has 4 rings (SSSR count). The van der Waals surface area contributed by atoms with E-state index in [1.54, 1.807) is 0 Å². The van der Waals surface area contributed by atoms with Crippen LogP contribution in [0.1, 0.15) is 37.8 Å². The second-order valence-corrected chi connectivity index (χ2v) is 13.2. The topological polar surface area (TPSA) is 61.3 Å².